The minimum atomic E-state index is -0.271. The number of likely N-dealkylation sites (N-methyl/N-ethyl adjacent to an activating group) is 1. The van der Waals surface area contributed by atoms with Crippen LogP contribution in [0.1, 0.15) is 31.4 Å². The molecule has 3 heteroatoms. The lowest BCUT2D eigenvalue weighted by atomic mass is 9.88. The van der Waals surface area contributed by atoms with Crippen molar-refractivity contribution < 1.29 is 5.11 Å². The number of benzene rings is 1. The van der Waals surface area contributed by atoms with Gasteiger partial charge in [-0.25, -0.2) is 0 Å². The number of hydrogen-bond donors (Lipinski definition) is 2. The molecule has 3 nitrogen and oxygen atoms in total. The van der Waals surface area contributed by atoms with Crippen molar-refractivity contribution in [2.75, 3.05) is 26.2 Å². The van der Waals surface area contributed by atoms with Gasteiger partial charge in [-0.15, -0.1) is 0 Å². The Labute approximate surface area is 123 Å². The maximum absolute atomic E-state index is 10.1. The van der Waals surface area contributed by atoms with Crippen molar-refractivity contribution in [3.63, 3.8) is 0 Å². The van der Waals surface area contributed by atoms with Crippen LogP contribution in [0.4, 0.5) is 0 Å². The van der Waals surface area contributed by atoms with Crippen molar-refractivity contribution in [1.82, 2.24) is 10.2 Å². The van der Waals surface area contributed by atoms with Gasteiger partial charge in [0.05, 0.1) is 6.10 Å². The third kappa shape index (κ3) is 4.30. The molecule has 0 bridgehead atoms. The van der Waals surface area contributed by atoms with E-state index in [0.717, 1.165) is 32.5 Å². The van der Waals surface area contributed by atoms with Gasteiger partial charge in [-0.2, -0.15) is 0 Å². The summed E-state index contributed by atoms with van der Waals surface area (Å²) in [6.07, 6.45) is 3.15. The van der Waals surface area contributed by atoms with Gasteiger partial charge in [0.1, 0.15) is 0 Å². The topological polar surface area (TPSA) is 35.5 Å². The molecule has 0 amide bonds. The van der Waals surface area contributed by atoms with Crippen LogP contribution < -0.4 is 5.32 Å². The Morgan fingerprint density at radius 3 is 2.65 bits per heavy atom. The second-order valence-electron chi connectivity index (χ2n) is 5.76. The summed E-state index contributed by atoms with van der Waals surface area (Å²) < 4.78 is 0. The van der Waals surface area contributed by atoms with Crippen LogP contribution in [-0.4, -0.2) is 48.3 Å². The Morgan fingerprint density at radius 2 is 1.95 bits per heavy atom. The summed E-state index contributed by atoms with van der Waals surface area (Å²) in [4.78, 5) is 2.27. The molecule has 1 aromatic rings. The van der Waals surface area contributed by atoms with Crippen molar-refractivity contribution >= 4 is 0 Å². The average molecular weight is 276 g/mol. The highest BCUT2D eigenvalue weighted by Crippen LogP contribution is 2.20. The van der Waals surface area contributed by atoms with Crippen molar-refractivity contribution in [1.29, 1.82) is 0 Å². The van der Waals surface area contributed by atoms with Gasteiger partial charge < -0.3 is 15.3 Å². The van der Waals surface area contributed by atoms with Crippen molar-refractivity contribution in [2.24, 2.45) is 0 Å². The van der Waals surface area contributed by atoms with E-state index in [-0.39, 0.29) is 6.10 Å². The molecular weight excluding hydrogens is 248 g/mol. The fourth-order valence-corrected chi connectivity index (χ4v) is 3.02. The number of rotatable bonds is 7. The van der Waals surface area contributed by atoms with Gasteiger partial charge in [0.2, 0.25) is 0 Å². The first-order valence-corrected chi connectivity index (χ1v) is 7.93. The largest absolute Gasteiger partial charge is 0.390 e. The minimum Gasteiger partial charge on any atom is -0.390 e. The van der Waals surface area contributed by atoms with Crippen LogP contribution in [0, 0.1) is 0 Å². The van der Waals surface area contributed by atoms with Crippen molar-refractivity contribution in [3.8, 4) is 0 Å². The number of aryl methyl sites for hydroxylation is 1. The summed E-state index contributed by atoms with van der Waals surface area (Å²) in [6, 6.07) is 9.23. The number of aliphatic hydroxyl groups is 1. The zero-order valence-corrected chi connectivity index (χ0v) is 12.8. The van der Waals surface area contributed by atoms with E-state index < -0.39 is 0 Å². The molecule has 2 unspecified atom stereocenters. The molecule has 20 heavy (non-hydrogen) atoms. The molecule has 112 valence electrons. The van der Waals surface area contributed by atoms with Crippen molar-refractivity contribution in [2.45, 2.75) is 45.3 Å². The Balaban J connectivity index is 1.75. The summed E-state index contributed by atoms with van der Waals surface area (Å²) >= 11 is 0. The molecule has 1 aromatic carbocycles. The van der Waals surface area contributed by atoms with E-state index in [4.69, 9.17) is 0 Å². The number of hydrogen-bond acceptors (Lipinski definition) is 3. The highest BCUT2D eigenvalue weighted by Gasteiger charge is 2.18. The molecule has 0 fully saturated rings. The fraction of sp³-hybridized carbons (Fsp3) is 0.647. The van der Waals surface area contributed by atoms with Crippen LogP contribution in [0.25, 0.3) is 0 Å². The zero-order valence-electron chi connectivity index (χ0n) is 12.8. The SMILES string of the molecule is CCN(CC)CC(O)CNC1CCc2ccccc2C1. The Kier molecular flexibility index (Phi) is 6.02. The second kappa shape index (κ2) is 7.77. The summed E-state index contributed by atoms with van der Waals surface area (Å²) in [6.45, 7) is 7.75. The highest BCUT2D eigenvalue weighted by atomic mass is 16.3. The van der Waals surface area contributed by atoms with E-state index >= 15 is 0 Å². The average Bonchev–Trinajstić information content (AvgIpc) is 2.50. The number of aliphatic hydroxyl groups excluding tert-OH is 1. The van der Waals surface area contributed by atoms with Gasteiger partial charge in [-0.3, -0.25) is 0 Å². The van der Waals surface area contributed by atoms with E-state index in [1.54, 1.807) is 0 Å². The summed E-state index contributed by atoms with van der Waals surface area (Å²) in [5, 5.41) is 13.6. The molecule has 0 heterocycles. The van der Waals surface area contributed by atoms with Crippen molar-refractivity contribution in [3.05, 3.63) is 35.4 Å². The summed E-state index contributed by atoms with van der Waals surface area (Å²) in [5.41, 5.74) is 2.96. The lowest BCUT2D eigenvalue weighted by molar-refractivity contribution is 0.113. The molecule has 0 aliphatic heterocycles. The molecule has 0 saturated heterocycles. The van der Waals surface area contributed by atoms with Crippen LogP contribution in [0.15, 0.2) is 24.3 Å². The highest BCUT2D eigenvalue weighted by molar-refractivity contribution is 5.30. The predicted octanol–water partition coefficient (Wildman–Crippen LogP) is 1.84. The van der Waals surface area contributed by atoms with E-state index in [2.05, 4.69) is 48.3 Å². The smallest absolute Gasteiger partial charge is 0.0791 e. The van der Waals surface area contributed by atoms with Crippen LogP contribution in [0.3, 0.4) is 0 Å². The Hall–Kier alpha value is -0.900. The molecule has 0 aromatic heterocycles. The maximum Gasteiger partial charge on any atom is 0.0791 e. The third-order valence-electron chi connectivity index (χ3n) is 4.35. The standard InChI is InChI=1S/C17H28N2O/c1-3-19(4-2)13-17(20)12-18-16-10-9-14-7-5-6-8-15(14)11-16/h5-8,16-18,20H,3-4,9-13H2,1-2H3. The zero-order chi connectivity index (χ0) is 14.4. The first-order chi connectivity index (χ1) is 9.72. The van der Waals surface area contributed by atoms with E-state index in [0.29, 0.717) is 12.6 Å². The van der Waals surface area contributed by atoms with Crippen LogP contribution in [-0.2, 0) is 12.8 Å². The van der Waals surface area contributed by atoms with Gasteiger partial charge in [0.15, 0.2) is 0 Å². The fourth-order valence-electron chi connectivity index (χ4n) is 3.02. The molecule has 0 spiro atoms. The second-order valence-corrected chi connectivity index (χ2v) is 5.76. The predicted molar refractivity (Wildman–Crippen MR) is 84.1 cm³/mol. The minimum absolute atomic E-state index is 0.271. The first kappa shape index (κ1) is 15.5. The first-order valence-electron chi connectivity index (χ1n) is 7.93. The number of nitrogens with zero attached hydrogens (tertiary/aromatic N) is 1. The van der Waals surface area contributed by atoms with Crippen LogP contribution >= 0.6 is 0 Å². The molecule has 1 aliphatic carbocycles. The molecule has 2 rings (SSSR count). The molecule has 0 radical (unpaired) electrons. The van der Waals surface area contributed by atoms with E-state index in [1.807, 2.05) is 0 Å². The van der Waals surface area contributed by atoms with Gasteiger partial charge in [-0.1, -0.05) is 38.1 Å². The normalized spacial score (nSPS) is 19.9. The number of nitrogens with one attached hydrogen (secondary N) is 1. The quantitative estimate of drug-likeness (QED) is 0.797. The van der Waals surface area contributed by atoms with Gasteiger partial charge in [0.25, 0.3) is 0 Å². The summed E-state index contributed by atoms with van der Waals surface area (Å²) in [5.74, 6) is 0. The van der Waals surface area contributed by atoms with Gasteiger partial charge in [-0.05, 0) is 43.5 Å². The lowest BCUT2D eigenvalue weighted by Gasteiger charge is -2.28. The molecule has 1 aliphatic rings. The van der Waals surface area contributed by atoms with Crippen LogP contribution in [0.5, 0.6) is 0 Å². The monoisotopic (exact) mass is 276 g/mol. The lowest BCUT2D eigenvalue weighted by Crippen LogP contribution is -2.43. The van der Waals surface area contributed by atoms with Crippen LogP contribution in [0.2, 0.25) is 0 Å². The van der Waals surface area contributed by atoms with Gasteiger partial charge in [0, 0.05) is 19.1 Å². The molecular formula is C17H28N2O. The Bertz CT molecular complexity index is 404. The maximum atomic E-state index is 10.1. The van der Waals surface area contributed by atoms with Gasteiger partial charge >= 0.3 is 0 Å². The molecule has 2 atom stereocenters. The third-order valence-corrected chi connectivity index (χ3v) is 4.35. The van der Waals surface area contributed by atoms with E-state index in [1.165, 1.54) is 17.5 Å². The summed E-state index contributed by atoms with van der Waals surface area (Å²) in [7, 11) is 0. The Morgan fingerprint density at radius 1 is 1.25 bits per heavy atom. The molecule has 0 saturated carbocycles. The molecule has 2 N–H and O–H groups in total. The number of fused-ring (bicyclic) bond motifs is 1. The van der Waals surface area contributed by atoms with E-state index in [9.17, 15) is 5.11 Å².